The molecule has 1 unspecified atom stereocenters. The van der Waals surface area contributed by atoms with Crippen LogP contribution in [0.2, 0.25) is 0 Å². The Bertz CT molecular complexity index is 209. The highest BCUT2D eigenvalue weighted by molar-refractivity contribution is 4.98. The van der Waals surface area contributed by atoms with Crippen molar-refractivity contribution in [2.75, 3.05) is 0 Å². The van der Waals surface area contributed by atoms with Crippen LogP contribution in [0.25, 0.3) is 0 Å². The fraction of sp³-hybridized carbons (Fsp3) is 0.400. The van der Waals surface area contributed by atoms with Crippen LogP contribution in [-0.4, -0.2) is 4.57 Å². The minimum Gasteiger partial charge on any atom is -0.347 e. The Labute approximate surface area is 68.4 Å². The molecule has 0 spiro atoms. The van der Waals surface area contributed by atoms with E-state index in [4.69, 9.17) is 0 Å². The van der Waals surface area contributed by atoms with E-state index in [0.29, 0.717) is 12.0 Å². The van der Waals surface area contributed by atoms with Gasteiger partial charge >= 0.3 is 0 Å². The molecule has 1 atom stereocenters. The van der Waals surface area contributed by atoms with E-state index in [1.54, 1.807) is 0 Å². The summed E-state index contributed by atoms with van der Waals surface area (Å²) in [5.74, 6) is 0.611. The van der Waals surface area contributed by atoms with Crippen LogP contribution in [-0.2, 0) is 0 Å². The second-order valence-electron chi connectivity index (χ2n) is 3.10. The molecule has 1 nitrogen and oxygen atoms in total. The summed E-state index contributed by atoms with van der Waals surface area (Å²) >= 11 is 0. The summed E-state index contributed by atoms with van der Waals surface area (Å²) in [6, 6.07) is 4.52. The summed E-state index contributed by atoms with van der Waals surface area (Å²) in [4.78, 5) is 0. The van der Waals surface area contributed by atoms with E-state index >= 15 is 0 Å². The lowest BCUT2D eigenvalue weighted by Crippen LogP contribution is -2.10. The molecule has 0 aliphatic carbocycles. The van der Waals surface area contributed by atoms with Gasteiger partial charge in [0.15, 0.2) is 0 Å². The minimum absolute atomic E-state index is 0.435. The summed E-state index contributed by atoms with van der Waals surface area (Å²) in [6.07, 6.45) is 6.14. The van der Waals surface area contributed by atoms with Gasteiger partial charge in [-0.05, 0) is 18.1 Å². The third kappa shape index (κ3) is 1.73. The van der Waals surface area contributed by atoms with E-state index in [1.807, 2.05) is 18.2 Å². The number of hydrogen-bond acceptors (Lipinski definition) is 0. The summed E-state index contributed by atoms with van der Waals surface area (Å²) in [5, 5.41) is 0. The largest absolute Gasteiger partial charge is 0.347 e. The molecular weight excluding hydrogens is 134 g/mol. The van der Waals surface area contributed by atoms with Crippen molar-refractivity contribution in [1.29, 1.82) is 0 Å². The molecule has 0 aliphatic rings. The Hall–Kier alpha value is -0.980. The van der Waals surface area contributed by atoms with Gasteiger partial charge in [0.05, 0.1) is 6.04 Å². The van der Waals surface area contributed by atoms with Crippen LogP contribution >= 0.6 is 0 Å². The van der Waals surface area contributed by atoms with Gasteiger partial charge in [0.25, 0.3) is 0 Å². The quantitative estimate of drug-likeness (QED) is 0.582. The molecule has 0 saturated heterocycles. The first-order valence-corrected chi connectivity index (χ1v) is 4.00. The van der Waals surface area contributed by atoms with Crippen LogP contribution in [0.5, 0.6) is 0 Å². The van der Waals surface area contributed by atoms with Crippen molar-refractivity contribution in [3.05, 3.63) is 37.2 Å². The summed E-state index contributed by atoms with van der Waals surface area (Å²) in [7, 11) is 0. The molecule has 60 valence electrons. The van der Waals surface area contributed by atoms with Crippen LogP contribution in [0.4, 0.5) is 0 Å². The first kappa shape index (κ1) is 8.12. The molecule has 0 N–H and O–H groups in total. The summed E-state index contributed by atoms with van der Waals surface area (Å²) in [5.41, 5.74) is 0. The molecule has 0 amide bonds. The third-order valence-corrected chi connectivity index (χ3v) is 1.90. The smallest absolute Gasteiger partial charge is 0.0530 e. The maximum absolute atomic E-state index is 3.82. The third-order valence-electron chi connectivity index (χ3n) is 1.90. The van der Waals surface area contributed by atoms with Crippen molar-refractivity contribution in [1.82, 2.24) is 4.57 Å². The number of aromatic nitrogens is 1. The Morgan fingerprint density at radius 3 is 2.18 bits per heavy atom. The lowest BCUT2D eigenvalue weighted by Gasteiger charge is -2.18. The number of allylic oxidation sites excluding steroid dienone is 1. The van der Waals surface area contributed by atoms with E-state index in [1.165, 1.54) is 0 Å². The molecule has 1 aromatic rings. The Balaban J connectivity index is 2.79. The molecule has 1 aromatic heterocycles. The van der Waals surface area contributed by atoms with Crippen LogP contribution in [0, 0.1) is 5.92 Å². The predicted octanol–water partition coefficient (Wildman–Crippen LogP) is 2.87. The molecule has 0 radical (unpaired) electrons. The van der Waals surface area contributed by atoms with Crippen LogP contribution in [0.15, 0.2) is 37.2 Å². The van der Waals surface area contributed by atoms with Gasteiger partial charge in [-0.2, -0.15) is 0 Å². The number of rotatable bonds is 3. The van der Waals surface area contributed by atoms with Crippen molar-refractivity contribution >= 4 is 0 Å². The Morgan fingerprint density at radius 2 is 1.82 bits per heavy atom. The van der Waals surface area contributed by atoms with Gasteiger partial charge in [-0.15, -0.1) is 6.58 Å². The van der Waals surface area contributed by atoms with Crippen molar-refractivity contribution in [2.45, 2.75) is 19.9 Å². The molecule has 0 fully saturated rings. The average molecular weight is 149 g/mol. The zero-order chi connectivity index (χ0) is 8.27. The van der Waals surface area contributed by atoms with Crippen molar-refractivity contribution in [3.63, 3.8) is 0 Å². The predicted molar refractivity (Wildman–Crippen MR) is 48.5 cm³/mol. The minimum atomic E-state index is 0.435. The molecule has 1 rings (SSSR count). The molecular formula is C10H15N. The molecule has 1 heterocycles. The fourth-order valence-corrected chi connectivity index (χ4v) is 1.28. The van der Waals surface area contributed by atoms with E-state index in [-0.39, 0.29) is 0 Å². The van der Waals surface area contributed by atoms with Gasteiger partial charge in [-0.1, -0.05) is 19.9 Å². The number of hydrogen-bond donors (Lipinski definition) is 0. The second-order valence-corrected chi connectivity index (χ2v) is 3.10. The van der Waals surface area contributed by atoms with E-state index in [9.17, 15) is 0 Å². The normalized spacial score (nSPS) is 13.4. The molecule has 0 aromatic carbocycles. The molecule has 0 bridgehead atoms. The molecule has 1 heteroatoms. The average Bonchev–Trinajstić information content (AvgIpc) is 2.40. The SMILES string of the molecule is C=CC(C(C)C)n1cccc1. The second kappa shape index (κ2) is 3.42. The van der Waals surface area contributed by atoms with Gasteiger partial charge in [-0.3, -0.25) is 0 Å². The topological polar surface area (TPSA) is 4.93 Å². The maximum atomic E-state index is 3.82. The highest BCUT2D eigenvalue weighted by Crippen LogP contribution is 2.17. The summed E-state index contributed by atoms with van der Waals surface area (Å²) in [6.45, 7) is 8.22. The van der Waals surface area contributed by atoms with Crippen LogP contribution < -0.4 is 0 Å². The van der Waals surface area contributed by atoms with Gasteiger partial charge in [-0.25, -0.2) is 0 Å². The van der Waals surface area contributed by atoms with E-state index < -0.39 is 0 Å². The highest BCUT2D eigenvalue weighted by Gasteiger charge is 2.08. The van der Waals surface area contributed by atoms with Gasteiger partial charge in [0.2, 0.25) is 0 Å². The molecule has 11 heavy (non-hydrogen) atoms. The van der Waals surface area contributed by atoms with Crippen LogP contribution in [0.3, 0.4) is 0 Å². The first-order chi connectivity index (χ1) is 5.25. The molecule has 0 saturated carbocycles. The van der Waals surface area contributed by atoms with E-state index in [2.05, 4.69) is 37.4 Å². The van der Waals surface area contributed by atoms with Crippen molar-refractivity contribution in [3.8, 4) is 0 Å². The molecule has 0 aliphatic heterocycles. The Kier molecular flexibility index (Phi) is 2.53. The fourth-order valence-electron chi connectivity index (χ4n) is 1.28. The monoisotopic (exact) mass is 149 g/mol. The van der Waals surface area contributed by atoms with Gasteiger partial charge in [0.1, 0.15) is 0 Å². The zero-order valence-corrected chi connectivity index (χ0v) is 7.20. The standard InChI is InChI=1S/C10H15N/c1-4-10(9(2)3)11-7-5-6-8-11/h4-10H,1H2,2-3H3. The van der Waals surface area contributed by atoms with Gasteiger partial charge in [0, 0.05) is 12.4 Å². The van der Waals surface area contributed by atoms with E-state index in [0.717, 1.165) is 0 Å². The Morgan fingerprint density at radius 1 is 1.27 bits per heavy atom. The number of nitrogens with zero attached hydrogens (tertiary/aromatic N) is 1. The van der Waals surface area contributed by atoms with Crippen molar-refractivity contribution in [2.24, 2.45) is 5.92 Å². The summed E-state index contributed by atoms with van der Waals surface area (Å²) < 4.78 is 2.18. The lowest BCUT2D eigenvalue weighted by molar-refractivity contribution is 0.452. The highest BCUT2D eigenvalue weighted by atomic mass is 15.0. The van der Waals surface area contributed by atoms with Gasteiger partial charge < -0.3 is 4.57 Å². The lowest BCUT2D eigenvalue weighted by atomic mass is 10.1. The zero-order valence-electron chi connectivity index (χ0n) is 7.20. The maximum Gasteiger partial charge on any atom is 0.0530 e. The van der Waals surface area contributed by atoms with Crippen LogP contribution in [0.1, 0.15) is 19.9 Å². The van der Waals surface area contributed by atoms with Crippen molar-refractivity contribution < 1.29 is 0 Å². The first-order valence-electron chi connectivity index (χ1n) is 4.00.